The Morgan fingerprint density at radius 3 is 2.44 bits per heavy atom. The molecule has 3 nitrogen and oxygen atoms in total. The molecule has 4 heteroatoms. The van der Waals surface area contributed by atoms with E-state index in [2.05, 4.69) is 18.7 Å². The zero-order valence-electron chi connectivity index (χ0n) is 11.4. The van der Waals surface area contributed by atoms with Gasteiger partial charge >= 0.3 is 0 Å². The lowest BCUT2D eigenvalue weighted by Crippen LogP contribution is -2.32. The second-order valence-electron chi connectivity index (χ2n) is 4.86. The Labute approximate surface area is 115 Å². The number of benzene rings is 1. The minimum absolute atomic E-state index is 0.0125. The summed E-state index contributed by atoms with van der Waals surface area (Å²) in [5.41, 5.74) is 7.88. The summed E-state index contributed by atoms with van der Waals surface area (Å²) in [7, 11) is 0. The zero-order chi connectivity index (χ0) is 13.7. The van der Waals surface area contributed by atoms with E-state index in [1.54, 1.807) is 0 Å². The van der Waals surface area contributed by atoms with E-state index in [9.17, 15) is 0 Å². The molecule has 0 saturated heterocycles. The fraction of sp³-hybridized carbons (Fsp3) is 0.571. The van der Waals surface area contributed by atoms with Gasteiger partial charge in [-0.1, -0.05) is 17.7 Å². The molecule has 0 heterocycles. The van der Waals surface area contributed by atoms with Gasteiger partial charge < -0.3 is 15.7 Å². The molecular weight excluding hydrogens is 248 g/mol. The van der Waals surface area contributed by atoms with Gasteiger partial charge in [-0.2, -0.15) is 0 Å². The molecular formula is C14H23ClN2O. The van der Waals surface area contributed by atoms with Gasteiger partial charge in [0, 0.05) is 25.2 Å². The van der Waals surface area contributed by atoms with E-state index in [4.69, 9.17) is 22.4 Å². The molecule has 0 fully saturated rings. The Balaban J connectivity index is 2.98. The topological polar surface area (TPSA) is 49.5 Å². The van der Waals surface area contributed by atoms with Gasteiger partial charge in [-0.3, -0.25) is 0 Å². The molecule has 1 unspecified atom stereocenters. The lowest BCUT2D eigenvalue weighted by atomic mass is 10.1. The largest absolute Gasteiger partial charge is 0.396 e. The summed E-state index contributed by atoms with van der Waals surface area (Å²) in [5.74, 6) is 0. The van der Waals surface area contributed by atoms with Gasteiger partial charge in [-0.25, -0.2) is 0 Å². The average molecular weight is 271 g/mol. The first-order chi connectivity index (χ1) is 8.47. The third-order valence-electron chi connectivity index (χ3n) is 2.99. The molecule has 0 saturated carbocycles. The van der Waals surface area contributed by atoms with Crippen LogP contribution >= 0.6 is 11.6 Å². The van der Waals surface area contributed by atoms with Crippen LogP contribution in [0, 0.1) is 0 Å². The number of nitrogens with zero attached hydrogens (tertiary/aromatic N) is 1. The highest BCUT2D eigenvalue weighted by molar-refractivity contribution is 6.33. The maximum absolute atomic E-state index is 8.95. The molecule has 3 N–H and O–H groups in total. The maximum atomic E-state index is 8.95. The summed E-state index contributed by atoms with van der Waals surface area (Å²) in [5, 5.41) is 9.67. The summed E-state index contributed by atoms with van der Waals surface area (Å²) in [6.45, 7) is 7.17. The summed E-state index contributed by atoms with van der Waals surface area (Å²) in [4.78, 5) is 2.20. The van der Waals surface area contributed by atoms with E-state index in [0.29, 0.717) is 6.04 Å². The Bertz CT molecular complexity index is 380. The van der Waals surface area contributed by atoms with Crippen LogP contribution in [0.1, 0.15) is 38.8 Å². The molecule has 0 aliphatic heterocycles. The summed E-state index contributed by atoms with van der Waals surface area (Å²) in [6.07, 6.45) is 0.740. The molecule has 1 aromatic carbocycles. The Morgan fingerprint density at radius 1 is 1.33 bits per heavy atom. The first kappa shape index (κ1) is 15.3. The van der Waals surface area contributed by atoms with Crippen molar-refractivity contribution in [2.75, 3.05) is 18.1 Å². The fourth-order valence-corrected chi connectivity index (χ4v) is 2.23. The van der Waals surface area contributed by atoms with Crippen LogP contribution in [0.3, 0.4) is 0 Å². The van der Waals surface area contributed by atoms with Crippen molar-refractivity contribution in [2.24, 2.45) is 5.73 Å². The standard InChI is InChI=1S/C14H23ClN2O/c1-10(2)17(7-4-8-18)14-6-5-12(11(3)16)9-13(14)15/h5-6,9-11,18H,4,7-8,16H2,1-3H3. The van der Waals surface area contributed by atoms with Crippen molar-refractivity contribution in [2.45, 2.75) is 39.3 Å². The third kappa shape index (κ3) is 3.87. The minimum Gasteiger partial charge on any atom is -0.396 e. The minimum atomic E-state index is -0.0125. The van der Waals surface area contributed by atoms with E-state index >= 15 is 0 Å². The molecule has 1 atom stereocenters. The predicted molar refractivity (Wildman–Crippen MR) is 78.2 cm³/mol. The smallest absolute Gasteiger partial charge is 0.0642 e. The molecule has 0 amide bonds. The summed E-state index contributed by atoms with van der Waals surface area (Å²) in [6, 6.07) is 6.28. The van der Waals surface area contributed by atoms with E-state index in [-0.39, 0.29) is 12.6 Å². The van der Waals surface area contributed by atoms with Crippen molar-refractivity contribution in [3.8, 4) is 0 Å². The highest BCUT2D eigenvalue weighted by Crippen LogP contribution is 2.30. The maximum Gasteiger partial charge on any atom is 0.0642 e. The lowest BCUT2D eigenvalue weighted by molar-refractivity contribution is 0.288. The van der Waals surface area contributed by atoms with Crippen molar-refractivity contribution in [1.82, 2.24) is 0 Å². The van der Waals surface area contributed by atoms with Crippen LogP contribution in [0.4, 0.5) is 5.69 Å². The normalized spacial score (nSPS) is 12.8. The number of rotatable bonds is 6. The van der Waals surface area contributed by atoms with Crippen LogP contribution in [-0.2, 0) is 0 Å². The second kappa shape index (κ2) is 6.98. The predicted octanol–water partition coefficient (Wildman–Crippen LogP) is 2.96. The van der Waals surface area contributed by atoms with Gasteiger partial charge in [0.05, 0.1) is 10.7 Å². The van der Waals surface area contributed by atoms with Gasteiger partial charge in [0.25, 0.3) is 0 Å². The zero-order valence-corrected chi connectivity index (χ0v) is 12.1. The third-order valence-corrected chi connectivity index (χ3v) is 3.29. The van der Waals surface area contributed by atoms with Crippen LogP contribution in [0.15, 0.2) is 18.2 Å². The van der Waals surface area contributed by atoms with Crippen LogP contribution in [0.5, 0.6) is 0 Å². The van der Waals surface area contributed by atoms with Gasteiger partial charge in [0.15, 0.2) is 0 Å². The fourth-order valence-electron chi connectivity index (χ4n) is 1.94. The van der Waals surface area contributed by atoms with E-state index in [1.807, 2.05) is 25.1 Å². The number of hydrogen-bond donors (Lipinski definition) is 2. The number of aliphatic hydroxyl groups is 1. The van der Waals surface area contributed by atoms with Crippen LogP contribution in [0.25, 0.3) is 0 Å². The molecule has 0 bridgehead atoms. The molecule has 0 radical (unpaired) electrons. The summed E-state index contributed by atoms with van der Waals surface area (Å²) >= 11 is 6.33. The molecule has 0 aromatic heterocycles. The SMILES string of the molecule is CC(N)c1ccc(N(CCCO)C(C)C)c(Cl)c1. The lowest BCUT2D eigenvalue weighted by Gasteiger charge is -2.30. The highest BCUT2D eigenvalue weighted by atomic mass is 35.5. The Hall–Kier alpha value is -0.770. The molecule has 0 spiro atoms. The van der Waals surface area contributed by atoms with Crippen LogP contribution < -0.4 is 10.6 Å². The average Bonchev–Trinajstić information content (AvgIpc) is 2.30. The first-order valence-electron chi connectivity index (χ1n) is 6.40. The van der Waals surface area contributed by atoms with Gasteiger partial charge in [0.2, 0.25) is 0 Å². The Kier molecular flexibility index (Phi) is 5.93. The van der Waals surface area contributed by atoms with E-state index < -0.39 is 0 Å². The molecule has 1 aromatic rings. The molecule has 0 aliphatic carbocycles. The van der Waals surface area contributed by atoms with E-state index in [0.717, 1.165) is 29.2 Å². The highest BCUT2D eigenvalue weighted by Gasteiger charge is 2.14. The Morgan fingerprint density at radius 2 is 2.00 bits per heavy atom. The van der Waals surface area contributed by atoms with Crippen LogP contribution in [-0.4, -0.2) is 24.3 Å². The number of anilines is 1. The second-order valence-corrected chi connectivity index (χ2v) is 5.27. The van der Waals surface area contributed by atoms with Crippen molar-refractivity contribution >= 4 is 17.3 Å². The van der Waals surface area contributed by atoms with Crippen molar-refractivity contribution in [3.05, 3.63) is 28.8 Å². The van der Waals surface area contributed by atoms with E-state index in [1.165, 1.54) is 0 Å². The first-order valence-corrected chi connectivity index (χ1v) is 6.77. The van der Waals surface area contributed by atoms with Crippen molar-refractivity contribution in [3.63, 3.8) is 0 Å². The quantitative estimate of drug-likeness (QED) is 0.836. The molecule has 1 rings (SSSR count). The number of halogens is 1. The summed E-state index contributed by atoms with van der Waals surface area (Å²) < 4.78 is 0. The van der Waals surface area contributed by atoms with Gasteiger partial charge in [-0.05, 0) is 44.9 Å². The number of nitrogens with two attached hydrogens (primary N) is 1. The van der Waals surface area contributed by atoms with Crippen molar-refractivity contribution in [1.29, 1.82) is 0 Å². The monoisotopic (exact) mass is 270 g/mol. The molecule has 18 heavy (non-hydrogen) atoms. The van der Waals surface area contributed by atoms with Gasteiger partial charge in [-0.15, -0.1) is 0 Å². The van der Waals surface area contributed by atoms with Gasteiger partial charge in [0.1, 0.15) is 0 Å². The van der Waals surface area contributed by atoms with Crippen molar-refractivity contribution < 1.29 is 5.11 Å². The molecule has 102 valence electrons. The number of aliphatic hydroxyl groups excluding tert-OH is 1. The van der Waals surface area contributed by atoms with Crippen LogP contribution in [0.2, 0.25) is 5.02 Å². The number of hydrogen-bond acceptors (Lipinski definition) is 3. The molecule has 0 aliphatic rings.